The molecule has 0 aliphatic carbocycles. The van der Waals surface area contributed by atoms with Crippen LogP contribution in [0.3, 0.4) is 0 Å². The van der Waals surface area contributed by atoms with Crippen molar-refractivity contribution in [3.63, 3.8) is 0 Å². The number of pyridine rings is 2. The van der Waals surface area contributed by atoms with Crippen LogP contribution < -0.4 is 16.0 Å². The number of hydrogen-bond donors (Lipinski definition) is 4. The van der Waals surface area contributed by atoms with Gasteiger partial charge >= 0.3 is 6.03 Å². The third kappa shape index (κ3) is 5.43. The number of carbonyl (C=O) groups excluding carboxylic acids is 2. The molecule has 0 fully saturated rings. The first-order chi connectivity index (χ1) is 15.6. The Morgan fingerprint density at radius 3 is 2.66 bits per heavy atom. The highest BCUT2D eigenvalue weighted by Gasteiger charge is 2.10. The Balaban J connectivity index is 1.32. The first kappa shape index (κ1) is 20.9. The summed E-state index contributed by atoms with van der Waals surface area (Å²) in [7, 11) is 0. The summed E-state index contributed by atoms with van der Waals surface area (Å²) in [4.78, 5) is 37.0. The van der Waals surface area contributed by atoms with Crippen molar-refractivity contribution in [1.82, 2.24) is 30.5 Å². The molecule has 4 N–H and O–H groups in total. The van der Waals surface area contributed by atoms with Gasteiger partial charge in [0.15, 0.2) is 5.82 Å². The number of halogens is 1. The van der Waals surface area contributed by atoms with Crippen LogP contribution in [0.1, 0.15) is 16.2 Å². The van der Waals surface area contributed by atoms with Crippen LogP contribution in [0, 0.1) is 0 Å². The molecule has 3 heterocycles. The van der Waals surface area contributed by atoms with E-state index in [0.29, 0.717) is 33.7 Å². The summed E-state index contributed by atoms with van der Waals surface area (Å²) in [5.74, 6) is 1.01. The quantitative estimate of drug-likeness (QED) is 0.356. The van der Waals surface area contributed by atoms with Gasteiger partial charge in [-0.05, 0) is 42.5 Å². The zero-order chi connectivity index (χ0) is 22.3. The van der Waals surface area contributed by atoms with E-state index in [4.69, 9.17) is 11.6 Å². The van der Waals surface area contributed by atoms with E-state index in [1.165, 1.54) is 6.20 Å². The number of H-pyrrole nitrogens is 1. The molecule has 1 aromatic carbocycles. The van der Waals surface area contributed by atoms with Crippen molar-refractivity contribution in [3.05, 3.63) is 83.5 Å². The number of aromatic amines is 1. The maximum atomic E-state index is 12.4. The van der Waals surface area contributed by atoms with Gasteiger partial charge in [-0.15, -0.1) is 0 Å². The summed E-state index contributed by atoms with van der Waals surface area (Å²) in [5.41, 5.74) is 1.63. The third-order valence-corrected chi connectivity index (χ3v) is 4.46. The summed E-state index contributed by atoms with van der Waals surface area (Å²) in [5, 5.41) is 15.4. The molecule has 10 nitrogen and oxygen atoms in total. The van der Waals surface area contributed by atoms with Crippen molar-refractivity contribution in [3.8, 4) is 11.4 Å². The topological polar surface area (TPSA) is 138 Å². The highest BCUT2D eigenvalue weighted by molar-refractivity contribution is 6.30. The van der Waals surface area contributed by atoms with Gasteiger partial charge in [0.1, 0.15) is 11.6 Å². The first-order valence-corrected chi connectivity index (χ1v) is 9.84. The standard InChI is InChI=1S/C21H17ClN8O2/c22-15-4-5-17(24-11-15)28-20(31)14-2-1-3-16(10-14)26-21(32)25-12-18-27-19(30-29-18)13-6-8-23-9-7-13/h1-11H,12H2,(H,24,28,31)(H2,25,26,32)(H,27,29,30). The fourth-order valence-corrected chi connectivity index (χ4v) is 2.83. The van der Waals surface area contributed by atoms with Gasteiger partial charge in [0.2, 0.25) is 0 Å². The maximum Gasteiger partial charge on any atom is 0.319 e. The molecule has 0 saturated heterocycles. The minimum absolute atomic E-state index is 0.145. The molecule has 3 aromatic heterocycles. The van der Waals surface area contributed by atoms with Crippen molar-refractivity contribution in [2.24, 2.45) is 0 Å². The van der Waals surface area contributed by atoms with Crippen LogP contribution in [-0.2, 0) is 6.54 Å². The second-order valence-electron chi connectivity index (χ2n) is 6.55. The van der Waals surface area contributed by atoms with Gasteiger partial charge in [-0.2, -0.15) is 5.10 Å². The number of benzene rings is 1. The van der Waals surface area contributed by atoms with E-state index >= 15 is 0 Å². The number of carbonyl (C=O) groups is 2. The molecule has 4 aromatic rings. The summed E-state index contributed by atoms with van der Waals surface area (Å²) < 4.78 is 0. The molecule has 0 radical (unpaired) electrons. The van der Waals surface area contributed by atoms with Gasteiger partial charge in [0.05, 0.1) is 11.6 Å². The molecule has 0 bridgehead atoms. The molecular formula is C21H17ClN8O2. The van der Waals surface area contributed by atoms with Crippen molar-refractivity contribution < 1.29 is 9.59 Å². The average molecular weight is 449 g/mol. The van der Waals surface area contributed by atoms with E-state index < -0.39 is 6.03 Å². The Morgan fingerprint density at radius 1 is 1.03 bits per heavy atom. The van der Waals surface area contributed by atoms with Crippen LogP contribution in [0.5, 0.6) is 0 Å². The lowest BCUT2D eigenvalue weighted by molar-refractivity contribution is 0.102. The van der Waals surface area contributed by atoms with Crippen LogP contribution >= 0.6 is 11.6 Å². The number of rotatable bonds is 6. The van der Waals surface area contributed by atoms with E-state index in [0.717, 1.165) is 5.56 Å². The Kier molecular flexibility index (Phi) is 6.33. The third-order valence-electron chi connectivity index (χ3n) is 4.24. The largest absolute Gasteiger partial charge is 0.331 e. The average Bonchev–Trinajstić information content (AvgIpc) is 3.29. The van der Waals surface area contributed by atoms with Gasteiger partial charge in [-0.3, -0.25) is 14.9 Å². The Labute approximate surface area is 187 Å². The molecule has 0 aliphatic rings. The fourth-order valence-electron chi connectivity index (χ4n) is 2.72. The minimum Gasteiger partial charge on any atom is -0.331 e. The second-order valence-corrected chi connectivity index (χ2v) is 6.98. The van der Waals surface area contributed by atoms with Gasteiger partial charge in [0, 0.05) is 35.4 Å². The van der Waals surface area contributed by atoms with Crippen LogP contribution in [0.4, 0.5) is 16.3 Å². The van der Waals surface area contributed by atoms with E-state index in [1.807, 2.05) is 0 Å². The number of urea groups is 1. The zero-order valence-corrected chi connectivity index (χ0v) is 17.3. The van der Waals surface area contributed by atoms with Crippen molar-refractivity contribution >= 4 is 35.0 Å². The van der Waals surface area contributed by atoms with E-state index in [2.05, 4.69) is 41.1 Å². The van der Waals surface area contributed by atoms with Crippen molar-refractivity contribution in [2.45, 2.75) is 6.54 Å². The molecule has 0 aliphatic heterocycles. The molecule has 0 unspecified atom stereocenters. The van der Waals surface area contributed by atoms with Crippen molar-refractivity contribution in [2.75, 3.05) is 10.6 Å². The number of nitrogens with zero attached hydrogens (tertiary/aromatic N) is 4. The molecule has 0 atom stereocenters. The molecule has 11 heteroatoms. The summed E-state index contributed by atoms with van der Waals surface area (Å²) in [6.07, 6.45) is 4.74. The van der Waals surface area contributed by atoms with Crippen LogP contribution in [0.15, 0.2) is 67.1 Å². The predicted octanol–water partition coefficient (Wildman–Crippen LogP) is 3.49. The van der Waals surface area contributed by atoms with Crippen molar-refractivity contribution in [1.29, 1.82) is 0 Å². The van der Waals surface area contributed by atoms with Crippen LogP contribution in [-0.4, -0.2) is 37.1 Å². The number of amides is 3. The smallest absolute Gasteiger partial charge is 0.319 e. The molecular weight excluding hydrogens is 432 g/mol. The highest BCUT2D eigenvalue weighted by Crippen LogP contribution is 2.15. The Morgan fingerprint density at radius 2 is 1.88 bits per heavy atom. The lowest BCUT2D eigenvalue weighted by Gasteiger charge is -2.09. The number of anilines is 2. The normalized spacial score (nSPS) is 10.4. The zero-order valence-electron chi connectivity index (χ0n) is 16.5. The number of hydrogen-bond acceptors (Lipinski definition) is 6. The van der Waals surface area contributed by atoms with Crippen LogP contribution in [0.25, 0.3) is 11.4 Å². The maximum absolute atomic E-state index is 12.4. The Hall–Kier alpha value is -4.31. The lowest BCUT2D eigenvalue weighted by atomic mass is 10.2. The summed E-state index contributed by atoms with van der Waals surface area (Å²) >= 11 is 5.80. The number of aromatic nitrogens is 5. The van der Waals surface area contributed by atoms with E-state index in [1.54, 1.807) is 60.9 Å². The predicted molar refractivity (Wildman–Crippen MR) is 119 cm³/mol. The van der Waals surface area contributed by atoms with E-state index in [9.17, 15) is 9.59 Å². The van der Waals surface area contributed by atoms with Crippen LogP contribution in [0.2, 0.25) is 5.02 Å². The minimum atomic E-state index is -0.455. The summed E-state index contributed by atoms with van der Waals surface area (Å²) in [6.45, 7) is 0.145. The first-order valence-electron chi connectivity index (χ1n) is 9.46. The fraction of sp³-hybridized carbons (Fsp3) is 0.0476. The number of nitrogens with one attached hydrogen (secondary N) is 4. The van der Waals surface area contributed by atoms with Gasteiger partial charge < -0.3 is 16.0 Å². The van der Waals surface area contributed by atoms with Gasteiger partial charge in [0.25, 0.3) is 5.91 Å². The molecule has 4 rings (SSSR count). The highest BCUT2D eigenvalue weighted by atomic mass is 35.5. The van der Waals surface area contributed by atoms with E-state index in [-0.39, 0.29) is 12.5 Å². The molecule has 3 amide bonds. The van der Waals surface area contributed by atoms with Gasteiger partial charge in [-0.1, -0.05) is 17.7 Å². The molecule has 0 spiro atoms. The summed E-state index contributed by atoms with van der Waals surface area (Å²) in [6, 6.07) is 12.9. The molecule has 0 saturated carbocycles. The second kappa shape index (κ2) is 9.67. The van der Waals surface area contributed by atoms with Gasteiger partial charge in [-0.25, -0.2) is 14.8 Å². The Bertz CT molecular complexity index is 1230. The molecule has 160 valence electrons. The monoisotopic (exact) mass is 448 g/mol. The lowest BCUT2D eigenvalue weighted by Crippen LogP contribution is -2.28. The molecule has 32 heavy (non-hydrogen) atoms. The SMILES string of the molecule is O=C(NCc1nc(-c2ccncc2)n[nH]1)Nc1cccc(C(=O)Nc2ccc(Cl)cn2)c1.